The highest BCUT2D eigenvalue weighted by Crippen LogP contribution is 2.34. The summed E-state index contributed by atoms with van der Waals surface area (Å²) in [7, 11) is -1.61. The van der Waals surface area contributed by atoms with Crippen LogP contribution in [0.5, 0.6) is 5.88 Å². The molecule has 0 aliphatic rings. The molecule has 0 amide bonds. The number of ether oxygens (including phenoxy) is 1. The van der Waals surface area contributed by atoms with Gasteiger partial charge in [-0.2, -0.15) is 17.9 Å². The van der Waals surface area contributed by atoms with Crippen LogP contribution in [0.4, 0.5) is 19.1 Å². The summed E-state index contributed by atoms with van der Waals surface area (Å²) in [6, 6.07) is 9.01. The van der Waals surface area contributed by atoms with Crippen LogP contribution < -0.4 is 20.8 Å². The molecule has 11 nitrogen and oxygen atoms in total. The molecule has 4 N–H and O–H groups in total. The molecule has 2 aromatic heterocycles. The first-order chi connectivity index (χ1) is 18.9. The van der Waals surface area contributed by atoms with Gasteiger partial charge in [-0.05, 0) is 35.9 Å². The first-order valence-electron chi connectivity index (χ1n) is 11.4. The number of methoxy groups -OCH3 is 1. The van der Waals surface area contributed by atoms with Gasteiger partial charge in [0.1, 0.15) is 4.90 Å². The lowest BCUT2D eigenvalue weighted by molar-refractivity contribution is -0.137. The smallest absolute Gasteiger partial charge is 0.418 e. The van der Waals surface area contributed by atoms with Gasteiger partial charge in [0.25, 0.3) is 5.56 Å². The predicted molar refractivity (Wildman–Crippen MR) is 144 cm³/mol. The Balaban J connectivity index is 1.89. The maximum Gasteiger partial charge on any atom is 0.418 e. The summed E-state index contributed by atoms with van der Waals surface area (Å²) >= 11 is 0. The lowest BCUT2D eigenvalue weighted by Gasteiger charge is -2.16. The van der Waals surface area contributed by atoms with Crippen molar-refractivity contribution in [2.24, 2.45) is 4.99 Å². The minimum Gasteiger partial charge on any atom is -0.480 e. The van der Waals surface area contributed by atoms with E-state index in [2.05, 4.69) is 19.7 Å². The first kappa shape index (κ1) is 28.4. The summed E-state index contributed by atoms with van der Waals surface area (Å²) in [5.41, 5.74) is 4.19. The number of pyridine rings is 1. The van der Waals surface area contributed by atoms with Crippen LogP contribution in [0, 0.1) is 5.41 Å². The van der Waals surface area contributed by atoms with Crippen LogP contribution in [0.15, 0.2) is 69.4 Å². The second-order valence-electron chi connectivity index (χ2n) is 8.31. The average Bonchev–Trinajstić information content (AvgIpc) is 2.92. The molecule has 4 aromatic rings. The number of aliphatic imine (C=N–C) groups is 1. The topological polar surface area (TPSA) is 165 Å². The van der Waals surface area contributed by atoms with Gasteiger partial charge in [-0.25, -0.2) is 23.0 Å². The van der Waals surface area contributed by atoms with Gasteiger partial charge in [0.15, 0.2) is 0 Å². The number of fused-ring (bicyclic) bond motifs is 1. The van der Waals surface area contributed by atoms with Gasteiger partial charge in [0.2, 0.25) is 21.9 Å². The van der Waals surface area contributed by atoms with E-state index in [0.29, 0.717) is 10.1 Å². The summed E-state index contributed by atoms with van der Waals surface area (Å²) in [5.74, 6) is -0.668. The van der Waals surface area contributed by atoms with E-state index in [4.69, 9.17) is 15.9 Å². The summed E-state index contributed by atoms with van der Waals surface area (Å²) in [5, 5.41) is 7.36. The number of rotatable bonds is 8. The summed E-state index contributed by atoms with van der Waals surface area (Å²) in [6.45, 7) is 0. The number of nitrogens with two attached hydrogens (primary N) is 1. The van der Waals surface area contributed by atoms with Crippen molar-refractivity contribution in [3.63, 3.8) is 0 Å². The molecule has 2 aromatic carbocycles. The van der Waals surface area contributed by atoms with Crippen molar-refractivity contribution in [3.8, 4) is 22.7 Å². The fourth-order valence-corrected chi connectivity index (χ4v) is 5.23. The molecule has 0 saturated carbocycles. The van der Waals surface area contributed by atoms with Gasteiger partial charge < -0.3 is 15.9 Å². The van der Waals surface area contributed by atoms with Crippen LogP contribution >= 0.6 is 0 Å². The number of anilines is 1. The Bertz CT molecular complexity index is 1800. The third-order valence-electron chi connectivity index (χ3n) is 5.76. The van der Waals surface area contributed by atoms with Gasteiger partial charge in [0.05, 0.1) is 35.3 Å². The van der Waals surface area contributed by atoms with E-state index in [1.165, 1.54) is 63.0 Å². The SMILES string of the molecule is CN=CC(C=N)NS(=O)(=O)c1cc(-c2ccc3nc(N)n(-c4ccccc4C(F)(F)F)c(=O)c3c2)cnc1OC. The van der Waals surface area contributed by atoms with Crippen LogP contribution in [0.25, 0.3) is 27.7 Å². The molecule has 208 valence electrons. The number of alkyl halides is 3. The van der Waals surface area contributed by atoms with E-state index in [1.807, 2.05) is 0 Å². The highest BCUT2D eigenvalue weighted by atomic mass is 32.2. The van der Waals surface area contributed by atoms with Crippen molar-refractivity contribution >= 4 is 39.3 Å². The van der Waals surface area contributed by atoms with Crippen molar-refractivity contribution in [3.05, 3.63) is 70.6 Å². The van der Waals surface area contributed by atoms with Gasteiger partial charge >= 0.3 is 6.18 Å². The Labute approximate surface area is 225 Å². The number of nitrogen functional groups attached to an aromatic ring is 1. The number of benzene rings is 2. The zero-order chi connectivity index (χ0) is 29.2. The fraction of sp³-hybridized carbons (Fsp3) is 0.160. The molecular formula is C25H22F3N7O4S. The molecule has 40 heavy (non-hydrogen) atoms. The summed E-state index contributed by atoms with van der Waals surface area (Å²) in [6.07, 6.45) is -1.39. The summed E-state index contributed by atoms with van der Waals surface area (Å²) in [4.78, 5) is 25.0. The number of nitrogens with zero attached hydrogens (tertiary/aromatic N) is 4. The Morgan fingerprint density at radius 3 is 2.55 bits per heavy atom. The van der Waals surface area contributed by atoms with E-state index in [9.17, 15) is 26.4 Å². The van der Waals surface area contributed by atoms with Crippen molar-refractivity contribution in [2.75, 3.05) is 19.9 Å². The van der Waals surface area contributed by atoms with E-state index in [-0.39, 0.29) is 27.2 Å². The van der Waals surface area contributed by atoms with E-state index in [1.54, 1.807) is 0 Å². The zero-order valence-corrected chi connectivity index (χ0v) is 21.8. The maximum atomic E-state index is 13.7. The molecule has 0 bridgehead atoms. The molecular weight excluding hydrogens is 551 g/mol. The highest BCUT2D eigenvalue weighted by Gasteiger charge is 2.34. The number of aromatic nitrogens is 3. The molecule has 0 aliphatic heterocycles. The predicted octanol–water partition coefficient (Wildman–Crippen LogP) is 3.05. The van der Waals surface area contributed by atoms with Crippen molar-refractivity contribution < 1.29 is 26.3 Å². The lowest BCUT2D eigenvalue weighted by Crippen LogP contribution is -2.37. The molecule has 0 saturated heterocycles. The third-order valence-corrected chi connectivity index (χ3v) is 7.21. The molecule has 2 heterocycles. The minimum absolute atomic E-state index is 0.0648. The van der Waals surface area contributed by atoms with Gasteiger partial charge in [-0.15, -0.1) is 0 Å². The molecule has 1 atom stereocenters. The first-order valence-corrected chi connectivity index (χ1v) is 12.9. The number of halogens is 3. The van der Waals surface area contributed by atoms with Crippen LogP contribution in [-0.2, 0) is 16.2 Å². The molecule has 0 aliphatic carbocycles. The lowest BCUT2D eigenvalue weighted by atomic mass is 10.1. The Morgan fingerprint density at radius 1 is 1.18 bits per heavy atom. The quantitative estimate of drug-likeness (QED) is 0.273. The van der Waals surface area contributed by atoms with Crippen LogP contribution in [0.3, 0.4) is 0 Å². The molecule has 0 radical (unpaired) electrons. The molecule has 15 heteroatoms. The Kier molecular flexibility index (Phi) is 7.70. The second-order valence-corrected chi connectivity index (χ2v) is 9.99. The largest absolute Gasteiger partial charge is 0.480 e. The monoisotopic (exact) mass is 573 g/mol. The van der Waals surface area contributed by atoms with Crippen molar-refractivity contribution in [1.82, 2.24) is 19.3 Å². The average molecular weight is 574 g/mol. The highest BCUT2D eigenvalue weighted by molar-refractivity contribution is 7.89. The van der Waals surface area contributed by atoms with E-state index in [0.717, 1.165) is 18.3 Å². The molecule has 4 rings (SSSR count). The number of hydrogen-bond donors (Lipinski definition) is 3. The van der Waals surface area contributed by atoms with E-state index < -0.39 is 45.0 Å². The standard InChI is InChI=1S/C25H22F3N7O4S/c1-31-13-16(11-29)34-40(37,38)21-10-15(12-32-22(21)39-2)14-7-8-19-17(9-14)23(36)35(24(30)33-19)20-6-4-3-5-18(20)25(26,27)28/h3-13,16,29,34H,1-2H3,(H2,30,33). The molecule has 0 fully saturated rings. The van der Waals surface area contributed by atoms with Crippen molar-refractivity contribution in [1.29, 1.82) is 5.41 Å². The number of sulfonamides is 1. The minimum atomic E-state index is -4.76. The third kappa shape index (κ3) is 5.41. The molecule has 1 unspecified atom stereocenters. The zero-order valence-electron chi connectivity index (χ0n) is 21.0. The van der Waals surface area contributed by atoms with Gasteiger partial charge in [0, 0.05) is 31.2 Å². The molecule has 0 spiro atoms. The van der Waals surface area contributed by atoms with E-state index >= 15 is 0 Å². The van der Waals surface area contributed by atoms with Crippen molar-refractivity contribution in [2.45, 2.75) is 17.1 Å². The number of para-hydroxylation sites is 1. The van der Waals surface area contributed by atoms with Crippen LogP contribution in [-0.4, -0.2) is 55.6 Å². The number of nitrogens with one attached hydrogen (secondary N) is 2. The Morgan fingerprint density at radius 2 is 1.90 bits per heavy atom. The fourth-order valence-electron chi connectivity index (χ4n) is 3.97. The summed E-state index contributed by atoms with van der Waals surface area (Å²) < 4.78 is 75.3. The van der Waals surface area contributed by atoms with Gasteiger partial charge in [-0.1, -0.05) is 18.2 Å². The Hall–Kier alpha value is -4.63. The second kappa shape index (κ2) is 10.9. The maximum absolute atomic E-state index is 13.7. The number of hydrogen-bond acceptors (Lipinski definition) is 9. The van der Waals surface area contributed by atoms with Crippen LogP contribution in [0.2, 0.25) is 0 Å². The normalized spacial score (nSPS) is 13.0. The van der Waals surface area contributed by atoms with Crippen LogP contribution in [0.1, 0.15) is 5.56 Å². The van der Waals surface area contributed by atoms with Gasteiger partial charge in [-0.3, -0.25) is 9.79 Å².